The molecule has 1 N–H and O–H groups in total. The molecule has 0 amide bonds. The number of hydrogen-bond acceptors (Lipinski definition) is 6. The predicted octanol–water partition coefficient (Wildman–Crippen LogP) is 0.822. The van der Waals surface area contributed by atoms with Crippen LogP contribution in [0.2, 0.25) is 0 Å². The minimum absolute atomic E-state index is 0.0540. The SMILES string of the molecule is COC(=O)C1=CC(C)(OC(C)=O)C(=O)C(C)=C1O. The number of hydrogen-bond donors (Lipinski definition) is 1. The highest BCUT2D eigenvalue weighted by molar-refractivity contribution is 6.09. The van der Waals surface area contributed by atoms with Crippen LogP contribution in [0.3, 0.4) is 0 Å². The van der Waals surface area contributed by atoms with E-state index in [4.69, 9.17) is 4.74 Å². The van der Waals surface area contributed by atoms with Gasteiger partial charge in [-0.25, -0.2) is 4.79 Å². The van der Waals surface area contributed by atoms with Crippen LogP contribution in [0.15, 0.2) is 23.0 Å². The van der Waals surface area contributed by atoms with Crippen LogP contribution in [-0.4, -0.2) is 35.5 Å². The summed E-state index contributed by atoms with van der Waals surface area (Å²) in [6, 6.07) is 0. The molecule has 1 aliphatic carbocycles. The van der Waals surface area contributed by atoms with Crippen molar-refractivity contribution in [2.24, 2.45) is 0 Å². The number of methoxy groups -OCH3 is 1. The number of aliphatic hydroxyl groups excluding tert-OH is 1. The molecule has 0 aromatic heterocycles. The van der Waals surface area contributed by atoms with E-state index in [9.17, 15) is 19.5 Å². The van der Waals surface area contributed by atoms with E-state index in [0.717, 1.165) is 20.1 Å². The minimum Gasteiger partial charge on any atom is -0.507 e. The third-order valence-electron chi connectivity index (χ3n) is 2.58. The van der Waals surface area contributed by atoms with Gasteiger partial charge in [0.2, 0.25) is 5.78 Å². The summed E-state index contributed by atoms with van der Waals surface area (Å²) in [4.78, 5) is 34.4. The monoisotopic (exact) mass is 254 g/mol. The number of Topliss-reactive ketones (excluding diaryl/α,β-unsaturated/α-hetero) is 1. The van der Waals surface area contributed by atoms with Crippen LogP contribution in [0.1, 0.15) is 20.8 Å². The Labute approximate surface area is 104 Å². The van der Waals surface area contributed by atoms with Crippen LogP contribution < -0.4 is 0 Å². The van der Waals surface area contributed by atoms with Gasteiger partial charge in [-0.1, -0.05) is 0 Å². The summed E-state index contributed by atoms with van der Waals surface area (Å²) in [7, 11) is 1.14. The summed E-state index contributed by atoms with van der Waals surface area (Å²) in [6.07, 6.45) is 1.09. The van der Waals surface area contributed by atoms with Gasteiger partial charge in [0.15, 0.2) is 5.60 Å². The topological polar surface area (TPSA) is 89.9 Å². The molecule has 6 heteroatoms. The van der Waals surface area contributed by atoms with Crippen LogP contribution >= 0.6 is 0 Å². The maximum atomic E-state index is 12.0. The maximum absolute atomic E-state index is 12.0. The van der Waals surface area contributed by atoms with Crippen LogP contribution in [0.4, 0.5) is 0 Å². The van der Waals surface area contributed by atoms with E-state index in [1.807, 2.05) is 0 Å². The standard InChI is InChI=1S/C12H14O6/c1-6-9(14)8(11(16)17-4)5-12(3,10(6)15)18-7(2)13/h5,14H,1-4H3. The Hall–Kier alpha value is -2.11. The third-order valence-corrected chi connectivity index (χ3v) is 2.58. The fourth-order valence-electron chi connectivity index (χ4n) is 1.73. The summed E-state index contributed by atoms with van der Waals surface area (Å²) in [5, 5.41) is 9.72. The van der Waals surface area contributed by atoms with Crippen molar-refractivity contribution in [3.05, 3.63) is 23.0 Å². The van der Waals surface area contributed by atoms with E-state index in [1.54, 1.807) is 0 Å². The molecular formula is C12H14O6. The molecule has 0 aromatic rings. The number of carbonyl (C=O) groups excluding carboxylic acids is 3. The molecule has 0 aliphatic heterocycles. The molecule has 0 saturated carbocycles. The normalized spacial score (nSPS) is 23.6. The summed E-state index contributed by atoms with van der Waals surface area (Å²) >= 11 is 0. The van der Waals surface area contributed by atoms with Gasteiger partial charge >= 0.3 is 11.9 Å². The molecule has 0 saturated heterocycles. The molecule has 0 aromatic carbocycles. The zero-order valence-corrected chi connectivity index (χ0v) is 10.6. The first-order valence-electron chi connectivity index (χ1n) is 5.18. The van der Waals surface area contributed by atoms with Crippen molar-refractivity contribution in [2.45, 2.75) is 26.4 Å². The van der Waals surface area contributed by atoms with Gasteiger partial charge in [0, 0.05) is 12.5 Å². The van der Waals surface area contributed by atoms with Gasteiger partial charge < -0.3 is 14.6 Å². The van der Waals surface area contributed by atoms with Crippen LogP contribution in [0.5, 0.6) is 0 Å². The second-order valence-electron chi connectivity index (χ2n) is 4.05. The first kappa shape index (κ1) is 14.0. The largest absolute Gasteiger partial charge is 0.507 e. The smallest absolute Gasteiger partial charge is 0.341 e. The second kappa shape index (κ2) is 4.64. The number of esters is 2. The second-order valence-corrected chi connectivity index (χ2v) is 4.05. The fraction of sp³-hybridized carbons (Fsp3) is 0.417. The zero-order valence-electron chi connectivity index (χ0n) is 10.6. The van der Waals surface area contributed by atoms with Crippen molar-refractivity contribution in [3.63, 3.8) is 0 Å². The first-order valence-corrected chi connectivity index (χ1v) is 5.18. The highest BCUT2D eigenvalue weighted by Crippen LogP contribution is 2.30. The molecule has 1 atom stereocenters. The van der Waals surface area contributed by atoms with Gasteiger partial charge in [-0.3, -0.25) is 9.59 Å². The summed E-state index contributed by atoms with van der Waals surface area (Å²) in [6.45, 7) is 3.84. The summed E-state index contributed by atoms with van der Waals surface area (Å²) in [5.74, 6) is -2.52. The minimum atomic E-state index is -1.61. The van der Waals surface area contributed by atoms with E-state index < -0.39 is 29.1 Å². The van der Waals surface area contributed by atoms with Crippen molar-refractivity contribution in [3.8, 4) is 0 Å². The van der Waals surface area contributed by atoms with E-state index in [1.165, 1.54) is 13.8 Å². The summed E-state index contributed by atoms with van der Waals surface area (Å²) in [5.41, 5.74) is -1.86. The Balaban J connectivity index is 3.33. The van der Waals surface area contributed by atoms with Crippen molar-refractivity contribution in [2.75, 3.05) is 7.11 Å². The molecule has 0 fully saturated rings. The fourth-order valence-corrected chi connectivity index (χ4v) is 1.73. The van der Waals surface area contributed by atoms with Crippen molar-refractivity contribution >= 4 is 17.7 Å². The van der Waals surface area contributed by atoms with Gasteiger partial charge in [-0.15, -0.1) is 0 Å². The summed E-state index contributed by atoms with van der Waals surface area (Å²) < 4.78 is 9.41. The molecule has 6 nitrogen and oxygen atoms in total. The number of carbonyl (C=O) groups is 3. The number of ether oxygens (including phenoxy) is 2. The third kappa shape index (κ3) is 2.27. The van der Waals surface area contributed by atoms with Crippen LogP contribution in [0, 0.1) is 0 Å². The van der Waals surface area contributed by atoms with Crippen molar-refractivity contribution in [1.29, 1.82) is 0 Å². The number of ketones is 1. The molecule has 1 unspecified atom stereocenters. The average Bonchev–Trinajstić information content (AvgIpc) is 2.29. The molecule has 1 rings (SSSR count). The lowest BCUT2D eigenvalue weighted by molar-refractivity contribution is -0.158. The molecule has 18 heavy (non-hydrogen) atoms. The van der Waals surface area contributed by atoms with Gasteiger partial charge in [0.1, 0.15) is 11.3 Å². The highest BCUT2D eigenvalue weighted by atomic mass is 16.6. The van der Waals surface area contributed by atoms with E-state index in [-0.39, 0.29) is 11.1 Å². The molecule has 0 radical (unpaired) electrons. The molecular weight excluding hydrogens is 240 g/mol. The molecule has 98 valence electrons. The van der Waals surface area contributed by atoms with E-state index in [0.29, 0.717) is 0 Å². The Kier molecular flexibility index (Phi) is 3.59. The van der Waals surface area contributed by atoms with Gasteiger partial charge in [-0.2, -0.15) is 0 Å². The molecule has 0 spiro atoms. The van der Waals surface area contributed by atoms with Gasteiger partial charge in [-0.05, 0) is 19.9 Å². The Morgan fingerprint density at radius 3 is 2.39 bits per heavy atom. The van der Waals surface area contributed by atoms with Gasteiger partial charge in [0.25, 0.3) is 0 Å². The number of aliphatic hydroxyl groups is 1. The lowest BCUT2D eigenvalue weighted by Crippen LogP contribution is -2.42. The quantitative estimate of drug-likeness (QED) is 0.734. The van der Waals surface area contributed by atoms with Crippen molar-refractivity contribution in [1.82, 2.24) is 0 Å². The van der Waals surface area contributed by atoms with Gasteiger partial charge in [0.05, 0.1) is 7.11 Å². The molecule has 0 heterocycles. The lowest BCUT2D eigenvalue weighted by Gasteiger charge is -2.29. The van der Waals surface area contributed by atoms with Crippen molar-refractivity contribution < 1.29 is 29.0 Å². The average molecular weight is 254 g/mol. The maximum Gasteiger partial charge on any atom is 0.341 e. The zero-order chi connectivity index (χ0) is 14.1. The Morgan fingerprint density at radius 1 is 1.39 bits per heavy atom. The Bertz CT molecular complexity index is 485. The van der Waals surface area contributed by atoms with Crippen LogP contribution in [-0.2, 0) is 23.9 Å². The lowest BCUT2D eigenvalue weighted by atomic mass is 9.85. The van der Waals surface area contributed by atoms with Crippen LogP contribution in [0.25, 0.3) is 0 Å². The first-order chi connectivity index (χ1) is 8.23. The highest BCUT2D eigenvalue weighted by Gasteiger charge is 2.42. The Morgan fingerprint density at radius 2 is 1.94 bits per heavy atom. The van der Waals surface area contributed by atoms with E-state index >= 15 is 0 Å². The molecule has 1 aliphatic rings. The molecule has 0 bridgehead atoms. The van der Waals surface area contributed by atoms with E-state index in [2.05, 4.69) is 4.74 Å². The predicted molar refractivity (Wildman–Crippen MR) is 60.6 cm³/mol. The number of rotatable bonds is 2.